The lowest BCUT2D eigenvalue weighted by atomic mass is 9.67. The van der Waals surface area contributed by atoms with Gasteiger partial charge in [-0.15, -0.1) is 11.3 Å². The first-order valence-electron chi connectivity index (χ1n) is 9.86. The summed E-state index contributed by atoms with van der Waals surface area (Å²) in [6.45, 7) is 2.07. The summed E-state index contributed by atoms with van der Waals surface area (Å²) in [5.74, 6) is 0.185. The predicted octanol–water partition coefficient (Wildman–Crippen LogP) is 4.41. The van der Waals surface area contributed by atoms with E-state index in [1.54, 1.807) is 30.8 Å². The Kier molecular flexibility index (Phi) is 4.40. The third-order valence-corrected chi connectivity index (χ3v) is 7.30. The van der Waals surface area contributed by atoms with Crippen LogP contribution in [-0.2, 0) is 10.2 Å². The van der Waals surface area contributed by atoms with Crippen LogP contribution in [0.4, 0.5) is 5.82 Å². The fraction of sp³-hybridized carbons (Fsp3) is 0.217. The summed E-state index contributed by atoms with van der Waals surface area (Å²) < 4.78 is 5.47. The first-order chi connectivity index (χ1) is 14.9. The van der Waals surface area contributed by atoms with Crippen molar-refractivity contribution in [2.45, 2.75) is 24.7 Å². The monoisotopic (exact) mass is 431 g/mol. The highest BCUT2D eigenvalue weighted by Crippen LogP contribution is 2.49. The summed E-state index contributed by atoms with van der Waals surface area (Å²) in [5, 5.41) is 11.4. The number of nitrogens with one attached hydrogen (secondary N) is 1. The number of carbonyl (C=O) groups is 1. The van der Waals surface area contributed by atoms with Crippen molar-refractivity contribution in [1.82, 2.24) is 14.9 Å². The first kappa shape index (κ1) is 19.4. The molecule has 0 unspecified atom stereocenters. The number of nitrogen functional groups attached to an aromatic ring is 1. The molecule has 0 saturated carbocycles. The molecule has 4 heterocycles. The van der Waals surface area contributed by atoms with E-state index in [0.29, 0.717) is 18.1 Å². The maximum absolute atomic E-state index is 13.4. The fourth-order valence-corrected chi connectivity index (χ4v) is 5.43. The third-order valence-electron chi connectivity index (χ3n) is 6.09. The molecule has 0 radical (unpaired) electrons. The Morgan fingerprint density at radius 2 is 2.10 bits per heavy atom. The molecule has 156 valence electrons. The molecule has 5 rings (SSSR count). The van der Waals surface area contributed by atoms with Crippen LogP contribution in [0.1, 0.15) is 29.7 Å². The number of hydrogen-bond donors (Lipinski definition) is 2. The Morgan fingerprint density at radius 3 is 2.87 bits per heavy atom. The van der Waals surface area contributed by atoms with Gasteiger partial charge < -0.3 is 15.1 Å². The number of piperidine rings is 1. The number of carbonyl (C=O) groups excluding carboxylic acids is 1. The Balaban J connectivity index is 1.62. The van der Waals surface area contributed by atoms with Gasteiger partial charge in [0.15, 0.2) is 0 Å². The minimum atomic E-state index is -0.567. The van der Waals surface area contributed by atoms with Crippen molar-refractivity contribution >= 4 is 39.9 Å². The van der Waals surface area contributed by atoms with Crippen molar-refractivity contribution in [3.05, 3.63) is 64.8 Å². The van der Waals surface area contributed by atoms with E-state index in [-0.39, 0.29) is 5.91 Å². The van der Waals surface area contributed by atoms with E-state index in [4.69, 9.17) is 15.6 Å². The average Bonchev–Trinajstić information content (AvgIpc) is 3.42. The topological polar surface area (TPSA) is 109 Å². The Bertz CT molecular complexity index is 1310. The number of aromatic nitrogens is 2. The molecule has 1 fully saturated rings. The minimum Gasteiger partial charge on any atom is -0.464 e. The van der Waals surface area contributed by atoms with E-state index in [0.717, 1.165) is 32.7 Å². The highest BCUT2D eigenvalue weighted by atomic mass is 32.1. The van der Waals surface area contributed by atoms with Gasteiger partial charge >= 0.3 is 0 Å². The smallest absolute Gasteiger partial charge is 0.236 e. The van der Waals surface area contributed by atoms with Crippen LogP contribution in [0.25, 0.3) is 22.2 Å². The SMILES string of the molecule is CN1C(=N)C[C@](C)(c2cc(-c3cnc(N)cn3)cs2)[C@H](c2ccc3occc3c2)C1=O. The number of nitrogens with zero attached hydrogens (tertiary/aromatic N) is 3. The first-order valence-corrected chi connectivity index (χ1v) is 10.7. The van der Waals surface area contributed by atoms with Crippen molar-refractivity contribution in [2.24, 2.45) is 0 Å². The zero-order chi connectivity index (χ0) is 21.8. The van der Waals surface area contributed by atoms with Crippen molar-refractivity contribution in [1.29, 1.82) is 5.41 Å². The van der Waals surface area contributed by atoms with E-state index in [1.807, 2.05) is 29.6 Å². The number of nitrogens with two attached hydrogens (primary N) is 1. The van der Waals surface area contributed by atoms with Gasteiger partial charge in [0.05, 0.1) is 30.3 Å². The van der Waals surface area contributed by atoms with E-state index in [9.17, 15) is 4.79 Å². The molecule has 2 atom stereocenters. The van der Waals surface area contributed by atoms with Crippen LogP contribution >= 0.6 is 11.3 Å². The van der Waals surface area contributed by atoms with Crippen molar-refractivity contribution in [3.63, 3.8) is 0 Å². The lowest BCUT2D eigenvalue weighted by Crippen LogP contribution is -2.51. The van der Waals surface area contributed by atoms with Crippen LogP contribution in [0, 0.1) is 5.41 Å². The van der Waals surface area contributed by atoms with Crippen LogP contribution in [0.3, 0.4) is 0 Å². The molecular weight excluding hydrogens is 410 g/mol. The van der Waals surface area contributed by atoms with E-state index >= 15 is 0 Å². The lowest BCUT2D eigenvalue weighted by Gasteiger charge is -2.44. The molecule has 1 aliphatic heterocycles. The number of furan rings is 1. The largest absolute Gasteiger partial charge is 0.464 e. The lowest BCUT2D eigenvalue weighted by molar-refractivity contribution is -0.131. The number of fused-ring (bicyclic) bond motifs is 1. The second-order valence-electron chi connectivity index (χ2n) is 8.12. The molecule has 3 aromatic heterocycles. The maximum Gasteiger partial charge on any atom is 0.236 e. The molecule has 3 N–H and O–H groups in total. The number of anilines is 1. The van der Waals surface area contributed by atoms with E-state index in [1.165, 1.54) is 11.1 Å². The molecule has 0 aliphatic carbocycles. The number of amidine groups is 1. The summed E-state index contributed by atoms with van der Waals surface area (Å²) in [7, 11) is 1.68. The Hall–Kier alpha value is -3.52. The number of hydrogen-bond acceptors (Lipinski definition) is 7. The predicted molar refractivity (Wildman–Crippen MR) is 121 cm³/mol. The summed E-state index contributed by atoms with van der Waals surface area (Å²) in [6.07, 6.45) is 5.29. The van der Waals surface area contributed by atoms with Gasteiger partial charge in [0.2, 0.25) is 5.91 Å². The molecule has 31 heavy (non-hydrogen) atoms. The van der Waals surface area contributed by atoms with Crippen LogP contribution in [0.15, 0.2) is 58.8 Å². The fourth-order valence-electron chi connectivity index (χ4n) is 4.33. The number of likely N-dealkylation sites (tertiary alicyclic amines) is 1. The number of thiophene rings is 1. The van der Waals surface area contributed by atoms with Gasteiger partial charge in [-0.05, 0) is 29.8 Å². The van der Waals surface area contributed by atoms with E-state index in [2.05, 4.69) is 23.0 Å². The van der Waals surface area contributed by atoms with Gasteiger partial charge in [0, 0.05) is 40.1 Å². The standard InChI is InChI=1S/C23H21N5O2S/c1-23(18-8-15(12-31-18)16-10-27-19(24)11-26-16)9-20(25)28(2)22(29)21(23)14-3-4-17-13(7-14)5-6-30-17/h3-8,10-12,21,25H,9H2,1-2H3,(H2,24,27)/t21-,23-/m1/s1. The molecule has 1 aromatic carbocycles. The second-order valence-corrected chi connectivity index (χ2v) is 9.03. The zero-order valence-electron chi connectivity index (χ0n) is 17.1. The quantitative estimate of drug-likeness (QED) is 0.499. The number of benzene rings is 1. The summed E-state index contributed by atoms with van der Waals surface area (Å²) in [5.41, 5.74) is 8.46. The highest BCUT2D eigenvalue weighted by molar-refractivity contribution is 7.10. The van der Waals surface area contributed by atoms with Crippen molar-refractivity contribution < 1.29 is 9.21 Å². The molecular formula is C23H21N5O2S. The third kappa shape index (κ3) is 3.11. The number of likely N-dealkylation sites (N-methyl/N-ethyl adjacent to an activating group) is 1. The summed E-state index contributed by atoms with van der Waals surface area (Å²) in [6, 6.07) is 9.83. The molecule has 4 aromatic rings. The molecule has 1 saturated heterocycles. The van der Waals surface area contributed by atoms with E-state index < -0.39 is 11.3 Å². The van der Waals surface area contributed by atoms with Gasteiger partial charge in [-0.2, -0.15) is 0 Å². The van der Waals surface area contributed by atoms with Crippen LogP contribution in [0.5, 0.6) is 0 Å². The van der Waals surface area contributed by atoms with Crippen LogP contribution in [0.2, 0.25) is 0 Å². The van der Waals surface area contributed by atoms with Gasteiger partial charge in [0.25, 0.3) is 0 Å². The maximum atomic E-state index is 13.4. The second kappa shape index (κ2) is 7.02. The minimum absolute atomic E-state index is 0.0798. The summed E-state index contributed by atoms with van der Waals surface area (Å²) in [4.78, 5) is 24.4. The van der Waals surface area contributed by atoms with Gasteiger partial charge in [0.1, 0.15) is 17.2 Å². The van der Waals surface area contributed by atoms with Crippen molar-refractivity contribution in [3.8, 4) is 11.3 Å². The normalized spacial score (nSPS) is 21.7. The molecule has 8 heteroatoms. The molecule has 1 aliphatic rings. The molecule has 7 nitrogen and oxygen atoms in total. The Labute approximate surface area is 183 Å². The molecule has 1 amide bonds. The van der Waals surface area contributed by atoms with Crippen molar-refractivity contribution in [2.75, 3.05) is 12.8 Å². The zero-order valence-corrected chi connectivity index (χ0v) is 17.9. The molecule has 0 bridgehead atoms. The number of rotatable bonds is 3. The van der Waals surface area contributed by atoms with Gasteiger partial charge in [-0.3, -0.25) is 15.2 Å². The van der Waals surface area contributed by atoms with Gasteiger partial charge in [-0.25, -0.2) is 4.98 Å². The van der Waals surface area contributed by atoms with Crippen LogP contribution in [-0.4, -0.2) is 33.7 Å². The number of amides is 1. The van der Waals surface area contributed by atoms with Crippen LogP contribution < -0.4 is 5.73 Å². The Morgan fingerprint density at radius 1 is 1.26 bits per heavy atom. The highest BCUT2D eigenvalue weighted by Gasteiger charge is 2.49. The average molecular weight is 432 g/mol. The molecule has 0 spiro atoms. The summed E-state index contributed by atoms with van der Waals surface area (Å²) >= 11 is 1.58. The van der Waals surface area contributed by atoms with Gasteiger partial charge in [-0.1, -0.05) is 13.0 Å².